The summed E-state index contributed by atoms with van der Waals surface area (Å²) in [6.07, 6.45) is 6.06. The van der Waals surface area contributed by atoms with E-state index in [4.69, 9.17) is 25.9 Å². The van der Waals surface area contributed by atoms with Crippen molar-refractivity contribution >= 4 is 46.7 Å². The number of hydrogen-bond acceptors (Lipinski definition) is 10. The molecule has 276 valence electrons. The number of oxime groups is 1. The first-order valence-electron chi connectivity index (χ1n) is 17.2. The van der Waals surface area contributed by atoms with E-state index >= 15 is 0 Å². The fourth-order valence-corrected chi connectivity index (χ4v) is 7.29. The number of carbonyl (C=O) groups excluding carboxylic acids is 5. The van der Waals surface area contributed by atoms with E-state index in [1.54, 1.807) is 12.1 Å². The Balaban J connectivity index is 1.65. The fraction of sp³-hybridized carbons (Fsp3) is 0.657. The number of aliphatic hydroxyl groups is 1. The minimum atomic E-state index is -1.71. The Morgan fingerprint density at radius 1 is 1.10 bits per heavy atom. The van der Waals surface area contributed by atoms with Gasteiger partial charge >= 0.3 is 0 Å². The summed E-state index contributed by atoms with van der Waals surface area (Å²) in [5.74, 6) is -2.41. The second kappa shape index (κ2) is 16.4. The molecule has 3 aliphatic rings. The summed E-state index contributed by atoms with van der Waals surface area (Å²) >= 11 is 6.43. The van der Waals surface area contributed by atoms with Crippen LogP contribution in [0.25, 0.3) is 0 Å². The number of ketones is 1. The summed E-state index contributed by atoms with van der Waals surface area (Å²) in [5.41, 5.74) is -1.91. The number of Topliss-reactive ketones (excluding diaryl/α,β-unsaturated/α-hetero) is 1. The molecule has 1 saturated heterocycles. The van der Waals surface area contributed by atoms with Crippen LogP contribution in [0.5, 0.6) is 11.5 Å². The molecule has 0 bridgehead atoms. The van der Waals surface area contributed by atoms with Gasteiger partial charge in [-0.15, -0.1) is 0 Å². The molecule has 4 amide bonds. The molecular formula is C35H50ClN5O9. The molecule has 1 saturated carbocycles. The van der Waals surface area contributed by atoms with E-state index in [1.165, 1.54) is 40.0 Å². The third-order valence-corrected chi connectivity index (χ3v) is 10.0. The molecule has 2 heterocycles. The minimum Gasteiger partial charge on any atom is -0.496 e. The smallest absolute Gasteiger partial charge is 0.289 e. The number of likely N-dealkylation sites (tertiary alicyclic amines) is 1. The molecule has 4 atom stereocenters. The molecule has 0 unspecified atom stereocenters. The molecule has 1 spiro atoms. The number of hydrogen-bond donors (Lipinski definition) is 4. The number of ether oxygens (including phenoxy) is 2. The number of amides is 4. The normalized spacial score (nSPS) is 21.9. The fourth-order valence-electron chi connectivity index (χ4n) is 7.05. The van der Waals surface area contributed by atoms with Gasteiger partial charge in [0.2, 0.25) is 23.5 Å². The first-order chi connectivity index (χ1) is 23.7. The number of nitrogens with zero attached hydrogens (tertiary/aromatic N) is 2. The lowest BCUT2D eigenvalue weighted by Crippen LogP contribution is -2.61. The van der Waals surface area contributed by atoms with Crippen LogP contribution < -0.4 is 25.4 Å². The van der Waals surface area contributed by atoms with Crippen molar-refractivity contribution in [2.75, 3.05) is 27.8 Å². The maximum Gasteiger partial charge on any atom is 0.289 e. The number of nitrogens with one attached hydrogen (secondary N) is 3. The Hall–Kier alpha value is -3.91. The van der Waals surface area contributed by atoms with Gasteiger partial charge in [0.25, 0.3) is 5.91 Å². The van der Waals surface area contributed by atoms with Gasteiger partial charge in [-0.1, -0.05) is 49.4 Å². The standard InChI is InChI=1S/C35H50ClN5O9/c1-7-11-23(29(43)32(45)37-4)38-31(44)25-18-35(17-24(40-50-35)21-15-22(36)27(49-6)16-26(21)48-5)19-41(25)33(46)30(34(2,3)47)39-28(42)14-20-12-9-8-10-13-20/h15-16,20,23,25,30,47H,7-14,17-19H2,1-6H3,(H,37,45)(H,38,44)(H,39,42)/t23-,25-,30+,35+/m0/s1. The highest BCUT2D eigenvalue weighted by Gasteiger charge is 2.56. The van der Waals surface area contributed by atoms with Crippen molar-refractivity contribution in [2.24, 2.45) is 11.1 Å². The van der Waals surface area contributed by atoms with Crippen molar-refractivity contribution in [1.82, 2.24) is 20.9 Å². The van der Waals surface area contributed by atoms with E-state index < -0.39 is 52.8 Å². The molecular weight excluding hydrogens is 670 g/mol. The van der Waals surface area contributed by atoms with E-state index in [9.17, 15) is 29.1 Å². The molecule has 0 aromatic heterocycles. The van der Waals surface area contributed by atoms with Crippen molar-refractivity contribution in [3.8, 4) is 11.5 Å². The highest BCUT2D eigenvalue weighted by Crippen LogP contribution is 2.42. The number of carbonyl (C=O) groups is 5. The van der Waals surface area contributed by atoms with Crippen LogP contribution in [0.3, 0.4) is 0 Å². The van der Waals surface area contributed by atoms with Gasteiger partial charge in [-0.2, -0.15) is 0 Å². The Morgan fingerprint density at radius 3 is 2.38 bits per heavy atom. The lowest BCUT2D eigenvalue weighted by atomic mass is 9.86. The summed E-state index contributed by atoms with van der Waals surface area (Å²) < 4.78 is 10.9. The summed E-state index contributed by atoms with van der Waals surface area (Å²) in [5, 5.41) is 23.6. The lowest BCUT2D eigenvalue weighted by Gasteiger charge is -2.35. The predicted molar refractivity (Wildman–Crippen MR) is 185 cm³/mol. The van der Waals surface area contributed by atoms with Crippen LogP contribution in [0, 0.1) is 5.92 Å². The van der Waals surface area contributed by atoms with Gasteiger partial charge in [-0.05, 0) is 45.1 Å². The highest BCUT2D eigenvalue weighted by atomic mass is 35.5. The topological polar surface area (TPSA) is 185 Å². The molecule has 4 N–H and O–H groups in total. The SMILES string of the molecule is CCC[C@H](NC(=O)[C@@H]1C[C@]2(CC(c3cc(Cl)c(OC)cc3OC)=NO2)CN1C(=O)[C@@H](NC(=O)CC1CCCCC1)C(C)(C)O)C(=O)C(=O)NC. The average molecular weight is 720 g/mol. The van der Waals surface area contributed by atoms with Crippen LogP contribution in [0.2, 0.25) is 5.02 Å². The van der Waals surface area contributed by atoms with E-state index in [-0.39, 0.29) is 44.1 Å². The number of halogens is 1. The Bertz CT molecular complexity index is 1490. The summed E-state index contributed by atoms with van der Waals surface area (Å²) in [6.45, 7) is 4.52. The molecule has 15 heteroatoms. The number of likely N-dealkylation sites (N-methyl/N-ethyl adjacent to an activating group) is 1. The van der Waals surface area contributed by atoms with Crippen LogP contribution >= 0.6 is 11.6 Å². The second-order valence-corrected chi connectivity index (χ2v) is 14.4. The number of benzene rings is 1. The van der Waals surface area contributed by atoms with E-state index in [0.717, 1.165) is 32.1 Å². The minimum absolute atomic E-state index is 0.0363. The van der Waals surface area contributed by atoms with Gasteiger partial charge in [0.1, 0.15) is 23.6 Å². The largest absolute Gasteiger partial charge is 0.496 e. The molecule has 2 aliphatic heterocycles. The number of methoxy groups -OCH3 is 2. The summed E-state index contributed by atoms with van der Waals surface area (Å²) in [4.78, 5) is 74.1. The van der Waals surface area contributed by atoms with E-state index in [0.29, 0.717) is 34.2 Å². The third kappa shape index (κ3) is 8.87. The van der Waals surface area contributed by atoms with Crippen LogP contribution in [0.4, 0.5) is 0 Å². The highest BCUT2D eigenvalue weighted by molar-refractivity contribution is 6.38. The molecule has 1 aromatic rings. The maximum absolute atomic E-state index is 14.4. The van der Waals surface area contributed by atoms with Crippen LogP contribution in [0.15, 0.2) is 17.3 Å². The maximum atomic E-state index is 14.4. The molecule has 2 fully saturated rings. The zero-order chi connectivity index (χ0) is 36.8. The zero-order valence-corrected chi connectivity index (χ0v) is 30.5. The molecule has 1 aromatic carbocycles. The van der Waals surface area contributed by atoms with Crippen molar-refractivity contribution < 1.29 is 43.4 Å². The third-order valence-electron chi connectivity index (χ3n) is 9.73. The Kier molecular flexibility index (Phi) is 12.8. The van der Waals surface area contributed by atoms with E-state index in [2.05, 4.69) is 21.1 Å². The van der Waals surface area contributed by atoms with Gasteiger partial charge in [0.05, 0.1) is 43.1 Å². The summed E-state index contributed by atoms with van der Waals surface area (Å²) in [6, 6.07) is -0.481. The first-order valence-corrected chi connectivity index (χ1v) is 17.6. The monoisotopic (exact) mass is 719 g/mol. The van der Waals surface area contributed by atoms with Crippen molar-refractivity contribution in [3.05, 3.63) is 22.7 Å². The zero-order valence-electron chi connectivity index (χ0n) is 29.7. The van der Waals surface area contributed by atoms with Crippen LogP contribution in [-0.4, -0.2) is 102 Å². The van der Waals surface area contributed by atoms with Crippen molar-refractivity contribution in [1.29, 1.82) is 0 Å². The van der Waals surface area contributed by atoms with Gasteiger partial charge in [-0.3, -0.25) is 24.0 Å². The first kappa shape index (κ1) is 38.9. The van der Waals surface area contributed by atoms with Crippen molar-refractivity contribution in [3.63, 3.8) is 0 Å². The van der Waals surface area contributed by atoms with E-state index in [1.807, 2.05) is 6.92 Å². The second-order valence-electron chi connectivity index (χ2n) is 14.0. The molecule has 0 radical (unpaired) electrons. The predicted octanol–water partition coefficient (Wildman–Crippen LogP) is 2.65. The number of rotatable bonds is 14. The molecule has 1 aliphatic carbocycles. The quantitative estimate of drug-likeness (QED) is 0.210. The van der Waals surface area contributed by atoms with Gasteiger partial charge in [0, 0.05) is 37.9 Å². The Morgan fingerprint density at radius 2 is 1.78 bits per heavy atom. The molecule has 50 heavy (non-hydrogen) atoms. The van der Waals surface area contributed by atoms with Crippen molar-refractivity contribution in [2.45, 2.75) is 114 Å². The van der Waals surface area contributed by atoms with Crippen LogP contribution in [-0.2, 0) is 28.8 Å². The molecule has 4 rings (SSSR count). The van der Waals surface area contributed by atoms with Gasteiger partial charge < -0.3 is 40.3 Å². The summed E-state index contributed by atoms with van der Waals surface area (Å²) in [7, 11) is 4.29. The van der Waals surface area contributed by atoms with Gasteiger partial charge in [-0.25, -0.2) is 0 Å². The van der Waals surface area contributed by atoms with Gasteiger partial charge in [0.15, 0.2) is 5.60 Å². The molecule has 14 nitrogen and oxygen atoms in total. The van der Waals surface area contributed by atoms with Crippen LogP contribution in [0.1, 0.15) is 90.5 Å². The average Bonchev–Trinajstić information content (AvgIpc) is 3.69. The Labute approximate surface area is 298 Å². The lowest BCUT2D eigenvalue weighted by molar-refractivity contribution is -0.148.